The molecule has 2 N–H and O–H groups in total. The first-order chi connectivity index (χ1) is 12.0. The maximum atomic E-state index is 13.6. The van der Waals surface area contributed by atoms with E-state index in [1.54, 1.807) is 12.1 Å². The van der Waals surface area contributed by atoms with Gasteiger partial charge in [-0.2, -0.15) is 0 Å². The molecule has 25 heavy (non-hydrogen) atoms. The van der Waals surface area contributed by atoms with Crippen molar-refractivity contribution in [1.82, 2.24) is 10.3 Å². The van der Waals surface area contributed by atoms with Crippen molar-refractivity contribution in [2.45, 2.75) is 25.5 Å². The van der Waals surface area contributed by atoms with Crippen LogP contribution in [0.3, 0.4) is 0 Å². The molecule has 7 heteroatoms. The predicted octanol–water partition coefficient (Wildman–Crippen LogP) is 2.42. The molecular weight excluding hydrogens is 328 g/mol. The predicted molar refractivity (Wildman–Crippen MR) is 89.3 cm³/mol. The molecule has 2 atom stereocenters. The van der Waals surface area contributed by atoms with E-state index in [2.05, 4.69) is 10.3 Å². The van der Waals surface area contributed by atoms with Gasteiger partial charge in [0.15, 0.2) is 11.6 Å². The summed E-state index contributed by atoms with van der Waals surface area (Å²) in [4.78, 5) is 17.9. The molecular formula is C18H19F2N3O2. The fraction of sp³-hybridized carbons (Fsp3) is 0.333. The van der Waals surface area contributed by atoms with E-state index >= 15 is 0 Å². The first-order valence-electron chi connectivity index (χ1n) is 8.13. The summed E-state index contributed by atoms with van der Waals surface area (Å²) in [7, 11) is 0. The maximum Gasteiger partial charge on any atom is 0.252 e. The zero-order chi connectivity index (χ0) is 18.0. The van der Waals surface area contributed by atoms with Gasteiger partial charge in [-0.3, -0.25) is 4.79 Å². The summed E-state index contributed by atoms with van der Waals surface area (Å²) >= 11 is 0. The van der Waals surface area contributed by atoms with Crippen molar-refractivity contribution in [2.75, 3.05) is 18.0 Å². The first-order valence-corrected chi connectivity index (χ1v) is 8.13. The van der Waals surface area contributed by atoms with Crippen molar-refractivity contribution in [3.8, 4) is 0 Å². The van der Waals surface area contributed by atoms with Gasteiger partial charge in [-0.1, -0.05) is 6.07 Å². The third-order valence-corrected chi connectivity index (χ3v) is 4.25. The van der Waals surface area contributed by atoms with Crippen LogP contribution in [0.5, 0.6) is 0 Å². The highest BCUT2D eigenvalue weighted by Crippen LogP contribution is 2.35. The van der Waals surface area contributed by atoms with E-state index in [1.165, 1.54) is 12.3 Å². The fourth-order valence-corrected chi connectivity index (χ4v) is 3.06. The lowest BCUT2D eigenvalue weighted by molar-refractivity contribution is 0.0955. The summed E-state index contributed by atoms with van der Waals surface area (Å²) in [5, 5.41) is 12.7. The summed E-state index contributed by atoms with van der Waals surface area (Å²) in [5.74, 6) is -1.46. The number of benzene rings is 1. The fourth-order valence-electron chi connectivity index (χ4n) is 3.06. The SMILES string of the molecule is CCNC(=O)c1ccc(N2C[C@@H](O)C[C@H]2c2ccc(F)c(F)c2)nc1. The number of halogens is 2. The van der Waals surface area contributed by atoms with E-state index in [4.69, 9.17) is 0 Å². The molecule has 1 aromatic heterocycles. The second kappa shape index (κ2) is 7.14. The Kier molecular flexibility index (Phi) is 4.94. The van der Waals surface area contributed by atoms with Gasteiger partial charge in [0.2, 0.25) is 0 Å². The van der Waals surface area contributed by atoms with Crippen LogP contribution in [0.1, 0.15) is 35.3 Å². The van der Waals surface area contributed by atoms with Crippen LogP contribution < -0.4 is 10.2 Å². The Morgan fingerprint density at radius 2 is 2.12 bits per heavy atom. The minimum Gasteiger partial charge on any atom is -0.391 e. The van der Waals surface area contributed by atoms with Crippen LogP contribution in [-0.2, 0) is 0 Å². The molecule has 2 heterocycles. The van der Waals surface area contributed by atoms with Gasteiger partial charge in [0.05, 0.1) is 17.7 Å². The number of amides is 1. The number of carbonyl (C=O) groups excluding carboxylic acids is 1. The number of pyridine rings is 1. The minimum absolute atomic E-state index is 0.208. The summed E-state index contributed by atoms with van der Waals surface area (Å²) in [6.07, 6.45) is 1.26. The van der Waals surface area contributed by atoms with Crippen LogP contribution in [0.4, 0.5) is 14.6 Å². The number of aliphatic hydroxyl groups is 1. The average Bonchev–Trinajstić information content (AvgIpc) is 2.99. The van der Waals surface area contributed by atoms with E-state index in [1.807, 2.05) is 11.8 Å². The first kappa shape index (κ1) is 17.3. The Labute approximate surface area is 144 Å². The molecule has 1 aromatic carbocycles. The smallest absolute Gasteiger partial charge is 0.252 e. The Balaban J connectivity index is 1.86. The molecule has 1 aliphatic heterocycles. The average molecular weight is 347 g/mol. The standard InChI is InChI=1S/C18H19F2N3O2/c1-2-21-18(25)12-4-6-17(22-9-12)23-10-13(24)8-16(23)11-3-5-14(19)15(20)7-11/h3-7,9,13,16,24H,2,8,10H2,1H3,(H,21,25)/t13-,16-/m0/s1. The van der Waals surface area contributed by atoms with Crippen LogP contribution in [0, 0.1) is 11.6 Å². The summed E-state index contributed by atoms with van der Waals surface area (Å²) in [5.41, 5.74) is 1.01. The van der Waals surface area contributed by atoms with E-state index < -0.39 is 17.7 Å². The summed E-state index contributed by atoms with van der Waals surface area (Å²) in [6, 6.07) is 6.77. The number of β-amino-alcohol motifs (C(OH)–C–C–N with tert-alkyl or cyclic N) is 1. The zero-order valence-corrected chi connectivity index (χ0v) is 13.7. The quantitative estimate of drug-likeness (QED) is 0.892. The van der Waals surface area contributed by atoms with Crippen LogP contribution in [0.15, 0.2) is 36.5 Å². The lowest BCUT2D eigenvalue weighted by atomic mass is 10.0. The van der Waals surface area contributed by atoms with E-state index in [9.17, 15) is 18.7 Å². The van der Waals surface area contributed by atoms with Gasteiger partial charge in [-0.25, -0.2) is 13.8 Å². The zero-order valence-electron chi connectivity index (χ0n) is 13.7. The number of rotatable bonds is 4. The topological polar surface area (TPSA) is 65.5 Å². The van der Waals surface area contributed by atoms with Gasteiger partial charge in [0, 0.05) is 19.3 Å². The van der Waals surface area contributed by atoms with Gasteiger partial charge in [0.25, 0.3) is 5.91 Å². The molecule has 0 spiro atoms. The second-order valence-electron chi connectivity index (χ2n) is 6.00. The number of aromatic nitrogens is 1. The minimum atomic E-state index is -0.918. The number of nitrogens with zero attached hydrogens (tertiary/aromatic N) is 2. The van der Waals surface area contributed by atoms with Gasteiger partial charge >= 0.3 is 0 Å². The molecule has 132 valence electrons. The molecule has 1 fully saturated rings. The van der Waals surface area contributed by atoms with Crippen molar-refractivity contribution in [3.05, 3.63) is 59.3 Å². The van der Waals surface area contributed by atoms with Crippen LogP contribution in [0.2, 0.25) is 0 Å². The molecule has 3 rings (SSSR count). The van der Waals surface area contributed by atoms with Gasteiger partial charge < -0.3 is 15.3 Å². The monoisotopic (exact) mass is 347 g/mol. The molecule has 1 amide bonds. The van der Waals surface area contributed by atoms with Crippen LogP contribution in [-0.4, -0.2) is 35.2 Å². The summed E-state index contributed by atoms with van der Waals surface area (Å²) in [6.45, 7) is 2.69. The highest BCUT2D eigenvalue weighted by molar-refractivity contribution is 5.94. The number of hydrogen-bond donors (Lipinski definition) is 2. The molecule has 0 unspecified atom stereocenters. The number of nitrogens with one attached hydrogen (secondary N) is 1. The van der Waals surface area contributed by atoms with E-state index in [0.717, 1.165) is 12.1 Å². The molecule has 0 bridgehead atoms. The van der Waals surface area contributed by atoms with Gasteiger partial charge in [0.1, 0.15) is 5.82 Å². The third kappa shape index (κ3) is 3.61. The largest absolute Gasteiger partial charge is 0.391 e. The lowest BCUT2D eigenvalue weighted by Gasteiger charge is -2.26. The molecule has 5 nitrogen and oxygen atoms in total. The molecule has 2 aromatic rings. The third-order valence-electron chi connectivity index (χ3n) is 4.25. The number of carbonyl (C=O) groups is 1. The molecule has 1 aliphatic rings. The Bertz CT molecular complexity index is 767. The number of hydrogen-bond acceptors (Lipinski definition) is 4. The highest BCUT2D eigenvalue weighted by Gasteiger charge is 2.33. The van der Waals surface area contributed by atoms with Crippen LogP contribution in [0.25, 0.3) is 0 Å². The Morgan fingerprint density at radius 3 is 2.76 bits per heavy atom. The van der Waals surface area contributed by atoms with Crippen molar-refractivity contribution in [1.29, 1.82) is 0 Å². The molecule has 0 aliphatic carbocycles. The molecule has 0 saturated carbocycles. The normalized spacial score (nSPS) is 19.9. The number of anilines is 1. The van der Waals surface area contributed by atoms with Crippen molar-refractivity contribution >= 4 is 11.7 Å². The second-order valence-corrected chi connectivity index (χ2v) is 6.00. The lowest BCUT2D eigenvalue weighted by Crippen LogP contribution is -2.26. The Hall–Kier alpha value is -2.54. The van der Waals surface area contributed by atoms with E-state index in [0.29, 0.717) is 36.5 Å². The molecule has 1 saturated heterocycles. The van der Waals surface area contributed by atoms with E-state index in [-0.39, 0.29) is 11.9 Å². The van der Waals surface area contributed by atoms with Crippen LogP contribution >= 0.6 is 0 Å². The Morgan fingerprint density at radius 1 is 1.32 bits per heavy atom. The van der Waals surface area contributed by atoms with Crippen molar-refractivity contribution in [2.24, 2.45) is 0 Å². The van der Waals surface area contributed by atoms with Crippen molar-refractivity contribution in [3.63, 3.8) is 0 Å². The van der Waals surface area contributed by atoms with Gasteiger partial charge in [-0.15, -0.1) is 0 Å². The maximum absolute atomic E-state index is 13.6. The molecule has 0 radical (unpaired) electrons. The highest BCUT2D eigenvalue weighted by atomic mass is 19.2. The van der Waals surface area contributed by atoms with Crippen molar-refractivity contribution < 1.29 is 18.7 Å². The van der Waals surface area contributed by atoms with Gasteiger partial charge in [-0.05, 0) is 43.2 Å². The number of aliphatic hydroxyl groups excluding tert-OH is 1. The summed E-state index contributed by atoms with van der Waals surface area (Å²) < 4.78 is 26.7.